The van der Waals surface area contributed by atoms with E-state index in [1.807, 2.05) is 34.8 Å². The van der Waals surface area contributed by atoms with Crippen LogP contribution in [0.25, 0.3) is 11.3 Å². The third-order valence-electron chi connectivity index (χ3n) is 6.07. The zero-order valence-electron chi connectivity index (χ0n) is 16.7. The van der Waals surface area contributed by atoms with Gasteiger partial charge in [-0.05, 0) is 24.0 Å². The molecule has 3 unspecified atom stereocenters. The van der Waals surface area contributed by atoms with Gasteiger partial charge in [-0.2, -0.15) is 10.1 Å². The van der Waals surface area contributed by atoms with Crippen LogP contribution in [-0.4, -0.2) is 24.7 Å². The van der Waals surface area contributed by atoms with Gasteiger partial charge in [0, 0.05) is 31.1 Å². The minimum atomic E-state index is -0.123. The van der Waals surface area contributed by atoms with Crippen molar-refractivity contribution in [2.45, 2.75) is 29.8 Å². The molecule has 0 amide bonds. The molecule has 2 aliphatic heterocycles. The largest absolute Gasteiger partial charge is 0.441 e. The first-order chi connectivity index (χ1) is 15.1. The predicted molar refractivity (Wildman–Crippen MR) is 120 cm³/mol. The summed E-state index contributed by atoms with van der Waals surface area (Å²) in [4.78, 5) is 23.3. The SMILES string of the molecule is Cn1cnc(-c2ccc(C3CC3C3c4[nH]c(=O)[nH][n+]43)cc2)c1SC1=NC=C(Cl)C=CC1. The minimum absolute atomic E-state index is 0.123. The van der Waals surface area contributed by atoms with Gasteiger partial charge in [0.15, 0.2) is 0 Å². The Morgan fingerprint density at radius 1 is 1.29 bits per heavy atom. The Hall–Kier alpha value is -2.84. The van der Waals surface area contributed by atoms with Gasteiger partial charge in [0.25, 0.3) is 0 Å². The lowest BCUT2D eigenvalue weighted by molar-refractivity contribution is -0.657. The van der Waals surface area contributed by atoms with Crippen LogP contribution < -0.4 is 10.4 Å². The Balaban J connectivity index is 1.19. The van der Waals surface area contributed by atoms with Crippen LogP contribution in [0.4, 0.5) is 0 Å². The molecular weight excluding hydrogens is 432 g/mol. The molecule has 0 bridgehead atoms. The lowest BCUT2D eigenvalue weighted by atomic mass is 10.0. The summed E-state index contributed by atoms with van der Waals surface area (Å²) in [5.41, 5.74) is 3.28. The molecule has 31 heavy (non-hydrogen) atoms. The van der Waals surface area contributed by atoms with E-state index < -0.39 is 0 Å². The number of imidazole rings is 1. The number of aryl methyl sites for hydroxylation is 1. The number of allylic oxidation sites excluding steroid dienone is 3. The van der Waals surface area contributed by atoms with Crippen molar-refractivity contribution < 1.29 is 4.68 Å². The number of fused-ring (bicyclic) bond motifs is 1. The summed E-state index contributed by atoms with van der Waals surface area (Å²) in [5.74, 6) is 2.13. The maximum absolute atomic E-state index is 11.3. The van der Waals surface area contributed by atoms with Gasteiger partial charge in [0.1, 0.15) is 10.7 Å². The lowest BCUT2D eigenvalue weighted by Crippen LogP contribution is -2.26. The number of thioether (sulfide) groups is 1. The number of hydrogen-bond acceptors (Lipinski definition) is 4. The van der Waals surface area contributed by atoms with Crippen LogP contribution in [0.5, 0.6) is 0 Å². The first-order valence-electron chi connectivity index (χ1n) is 10.2. The van der Waals surface area contributed by atoms with Gasteiger partial charge in [-0.3, -0.25) is 4.99 Å². The highest BCUT2D eigenvalue weighted by Crippen LogP contribution is 2.56. The van der Waals surface area contributed by atoms with Crippen molar-refractivity contribution in [1.29, 1.82) is 0 Å². The molecule has 2 N–H and O–H groups in total. The zero-order chi connectivity index (χ0) is 21.1. The normalized spacial score (nSPS) is 23.7. The monoisotopic (exact) mass is 451 g/mol. The maximum atomic E-state index is 11.3. The summed E-state index contributed by atoms with van der Waals surface area (Å²) in [6.45, 7) is 0. The molecular formula is C22H20ClN6OS+. The van der Waals surface area contributed by atoms with Crippen molar-refractivity contribution in [1.82, 2.24) is 19.6 Å². The highest BCUT2D eigenvalue weighted by atomic mass is 35.5. The topological polar surface area (TPSA) is 82.7 Å². The molecule has 0 spiro atoms. The van der Waals surface area contributed by atoms with E-state index in [1.54, 1.807) is 18.0 Å². The van der Waals surface area contributed by atoms with E-state index in [4.69, 9.17) is 11.6 Å². The highest BCUT2D eigenvalue weighted by molar-refractivity contribution is 8.14. The van der Waals surface area contributed by atoms with Gasteiger partial charge in [-0.15, -0.1) is 4.68 Å². The van der Waals surface area contributed by atoms with Crippen LogP contribution >= 0.6 is 23.4 Å². The van der Waals surface area contributed by atoms with Crippen molar-refractivity contribution in [3.05, 3.63) is 75.8 Å². The number of aromatic nitrogens is 5. The minimum Gasteiger partial charge on any atom is -0.328 e. The molecule has 0 saturated heterocycles. The highest BCUT2D eigenvalue weighted by Gasteiger charge is 2.61. The van der Waals surface area contributed by atoms with Crippen molar-refractivity contribution in [2.75, 3.05) is 0 Å². The summed E-state index contributed by atoms with van der Waals surface area (Å²) in [6, 6.07) is 9.08. The van der Waals surface area contributed by atoms with Crippen molar-refractivity contribution >= 4 is 28.4 Å². The molecule has 3 aromatic rings. The van der Waals surface area contributed by atoms with E-state index in [2.05, 4.69) is 44.3 Å². The van der Waals surface area contributed by atoms with Gasteiger partial charge in [0.05, 0.1) is 16.4 Å². The van der Waals surface area contributed by atoms with Gasteiger partial charge in [0.2, 0.25) is 6.04 Å². The number of H-pyrrole nitrogens is 2. The van der Waals surface area contributed by atoms with Gasteiger partial charge in [-0.25, -0.2) is 9.78 Å². The predicted octanol–water partition coefficient (Wildman–Crippen LogP) is 3.63. The molecule has 0 radical (unpaired) electrons. The fraction of sp³-hybridized carbons (Fsp3) is 0.273. The van der Waals surface area contributed by atoms with Crippen LogP contribution in [0.3, 0.4) is 0 Å². The molecule has 2 aromatic heterocycles. The van der Waals surface area contributed by atoms with Gasteiger partial charge in [-0.1, -0.05) is 53.7 Å². The summed E-state index contributed by atoms with van der Waals surface area (Å²) in [6.07, 6.45) is 9.33. The first kappa shape index (κ1) is 18.9. The number of aromatic amines is 2. The van der Waals surface area contributed by atoms with Crippen LogP contribution in [0.2, 0.25) is 0 Å². The number of aliphatic imine (C=N–C) groups is 1. The fourth-order valence-corrected chi connectivity index (χ4v) is 5.48. The molecule has 1 aliphatic carbocycles. The van der Waals surface area contributed by atoms with Crippen LogP contribution in [0.1, 0.15) is 36.2 Å². The van der Waals surface area contributed by atoms with E-state index in [0.717, 1.165) is 40.0 Å². The number of halogens is 1. The number of rotatable bonds is 4. The van der Waals surface area contributed by atoms with E-state index in [1.165, 1.54) is 5.56 Å². The number of nitrogens with one attached hydrogen (secondary N) is 2. The van der Waals surface area contributed by atoms with Crippen LogP contribution in [0, 0.1) is 5.92 Å². The number of benzene rings is 1. The van der Waals surface area contributed by atoms with Crippen LogP contribution in [0.15, 0.2) is 68.8 Å². The molecule has 7 nitrogen and oxygen atoms in total. The van der Waals surface area contributed by atoms with E-state index in [-0.39, 0.29) is 5.69 Å². The molecule has 1 fully saturated rings. The van der Waals surface area contributed by atoms with E-state index >= 15 is 0 Å². The zero-order valence-corrected chi connectivity index (χ0v) is 18.3. The Morgan fingerprint density at radius 2 is 2.13 bits per heavy atom. The Labute approximate surface area is 187 Å². The molecule has 4 heterocycles. The second-order valence-corrected chi connectivity index (χ2v) is 9.65. The third-order valence-corrected chi connectivity index (χ3v) is 7.48. The quantitative estimate of drug-likeness (QED) is 0.594. The standard InChI is InChI=1S/C22H19ClN6OS/c1-28-11-25-18(21(28)31-17-4-2-3-14(23)10-24-17)13-7-5-12(6-8-13)15-9-16(15)19-20-26-22(30)27-29(19)20/h2-3,5-8,10-11,15-16,19H,4,9H2,1H3,(H,27,30)/p+1. The molecule has 1 saturated carbocycles. The van der Waals surface area contributed by atoms with Crippen molar-refractivity contribution in [3.8, 4) is 11.3 Å². The fourth-order valence-electron chi connectivity index (χ4n) is 4.38. The molecule has 1 aromatic carbocycles. The smallest absolute Gasteiger partial charge is 0.328 e. The molecule has 9 heteroatoms. The molecule has 3 atom stereocenters. The average Bonchev–Trinajstić information content (AvgIpc) is 3.62. The summed E-state index contributed by atoms with van der Waals surface area (Å²) < 4.78 is 3.98. The van der Waals surface area contributed by atoms with E-state index in [0.29, 0.717) is 22.9 Å². The summed E-state index contributed by atoms with van der Waals surface area (Å²) >= 11 is 7.68. The third kappa shape index (κ3) is 3.40. The van der Waals surface area contributed by atoms with Crippen LogP contribution in [-0.2, 0) is 7.05 Å². The molecule has 6 rings (SSSR count). The number of hydrogen-bond donors (Lipinski definition) is 2. The van der Waals surface area contributed by atoms with Gasteiger partial charge < -0.3 is 4.57 Å². The Morgan fingerprint density at radius 3 is 2.90 bits per heavy atom. The summed E-state index contributed by atoms with van der Waals surface area (Å²) in [5, 5.41) is 5.50. The summed E-state index contributed by atoms with van der Waals surface area (Å²) in [7, 11) is 2.00. The second kappa shape index (κ2) is 7.10. The Bertz CT molecular complexity index is 1300. The Kier molecular flexibility index (Phi) is 4.33. The first-order valence-corrected chi connectivity index (χ1v) is 11.4. The van der Waals surface area contributed by atoms with Crippen molar-refractivity contribution in [3.63, 3.8) is 0 Å². The maximum Gasteiger partial charge on any atom is 0.441 e. The van der Waals surface area contributed by atoms with Gasteiger partial charge >= 0.3 is 11.5 Å². The molecule has 3 aliphatic rings. The van der Waals surface area contributed by atoms with E-state index in [9.17, 15) is 4.79 Å². The lowest BCUT2D eigenvalue weighted by Gasteiger charge is -2.08. The average molecular weight is 452 g/mol. The van der Waals surface area contributed by atoms with Crippen molar-refractivity contribution in [2.24, 2.45) is 18.0 Å². The number of nitrogens with zero attached hydrogens (tertiary/aromatic N) is 4. The molecule has 156 valence electrons. The second-order valence-electron chi connectivity index (χ2n) is 8.15.